The Morgan fingerprint density at radius 3 is 2.47 bits per heavy atom. The summed E-state index contributed by atoms with van der Waals surface area (Å²) >= 11 is 1.71. The summed E-state index contributed by atoms with van der Waals surface area (Å²) in [6, 6.07) is 18.3. The molecule has 0 amide bonds. The standard InChI is InChI=1S/C14H16N2S/c1-2-16(13-8-4-3-5-9-13)17-14-10-6-7-12(15)11-14/h3-11H,2,15H2,1H3. The molecule has 88 valence electrons. The number of hydrogen-bond acceptors (Lipinski definition) is 3. The van der Waals surface area contributed by atoms with E-state index in [0.717, 1.165) is 17.1 Å². The van der Waals surface area contributed by atoms with Gasteiger partial charge in [-0.15, -0.1) is 0 Å². The Labute approximate surface area is 107 Å². The highest BCUT2D eigenvalue weighted by atomic mass is 32.2. The number of hydrogen-bond donors (Lipinski definition) is 1. The number of rotatable bonds is 4. The molecule has 0 radical (unpaired) electrons. The molecule has 0 spiro atoms. The lowest BCUT2D eigenvalue weighted by molar-refractivity contribution is 1.11. The van der Waals surface area contributed by atoms with Gasteiger partial charge in [0, 0.05) is 22.8 Å². The average molecular weight is 244 g/mol. The minimum Gasteiger partial charge on any atom is -0.399 e. The maximum absolute atomic E-state index is 5.78. The van der Waals surface area contributed by atoms with E-state index in [0.29, 0.717) is 0 Å². The second-order valence-corrected chi connectivity index (χ2v) is 4.79. The monoisotopic (exact) mass is 244 g/mol. The Morgan fingerprint density at radius 2 is 1.82 bits per heavy atom. The van der Waals surface area contributed by atoms with Gasteiger partial charge in [-0.3, -0.25) is 0 Å². The number of nitrogens with two attached hydrogens (primary N) is 1. The van der Waals surface area contributed by atoms with E-state index in [-0.39, 0.29) is 0 Å². The molecule has 2 N–H and O–H groups in total. The summed E-state index contributed by atoms with van der Waals surface area (Å²) in [7, 11) is 0. The zero-order valence-corrected chi connectivity index (χ0v) is 10.7. The lowest BCUT2D eigenvalue weighted by atomic mass is 10.3. The summed E-state index contributed by atoms with van der Waals surface area (Å²) in [6.07, 6.45) is 0. The SMILES string of the molecule is CCN(Sc1cccc(N)c1)c1ccccc1. The van der Waals surface area contributed by atoms with Crippen molar-refractivity contribution in [2.45, 2.75) is 11.8 Å². The van der Waals surface area contributed by atoms with Crippen LogP contribution in [0.5, 0.6) is 0 Å². The van der Waals surface area contributed by atoms with Gasteiger partial charge in [-0.2, -0.15) is 0 Å². The lowest BCUT2D eigenvalue weighted by Gasteiger charge is -2.21. The zero-order chi connectivity index (χ0) is 12.1. The zero-order valence-electron chi connectivity index (χ0n) is 9.84. The van der Waals surface area contributed by atoms with E-state index in [2.05, 4.69) is 41.6 Å². The highest BCUT2D eigenvalue weighted by Gasteiger charge is 2.05. The van der Waals surface area contributed by atoms with Crippen LogP contribution in [0, 0.1) is 0 Å². The van der Waals surface area contributed by atoms with Crippen LogP contribution in [-0.2, 0) is 0 Å². The van der Waals surface area contributed by atoms with Gasteiger partial charge < -0.3 is 10.0 Å². The van der Waals surface area contributed by atoms with E-state index in [1.165, 1.54) is 5.69 Å². The van der Waals surface area contributed by atoms with E-state index in [1.807, 2.05) is 24.3 Å². The molecule has 0 atom stereocenters. The van der Waals surface area contributed by atoms with E-state index >= 15 is 0 Å². The third kappa shape index (κ3) is 3.17. The van der Waals surface area contributed by atoms with Crippen LogP contribution in [0.25, 0.3) is 0 Å². The Kier molecular flexibility index (Phi) is 3.94. The molecule has 0 aromatic heterocycles. The lowest BCUT2D eigenvalue weighted by Crippen LogP contribution is -2.12. The third-order valence-corrected chi connectivity index (χ3v) is 3.56. The van der Waals surface area contributed by atoms with Gasteiger partial charge in [-0.1, -0.05) is 24.3 Å². The van der Waals surface area contributed by atoms with Gasteiger partial charge in [0.2, 0.25) is 0 Å². The second-order valence-electron chi connectivity index (χ2n) is 3.69. The van der Waals surface area contributed by atoms with E-state index < -0.39 is 0 Å². The van der Waals surface area contributed by atoms with Crippen molar-refractivity contribution >= 4 is 23.3 Å². The van der Waals surface area contributed by atoms with Crippen LogP contribution in [0.4, 0.5) is 11.4 Å². The van der Waals surface area contributed by atoms with Crippen molar-refractivity contribution in [1.29, 1.82) is 0 Å². The molecular weight excluding hydrogens is 228 g/mol. The number of nitrogens with zero attached hydrogens (tertiary/aromatic N) is 1. The molecule has 0 aliphatic rings. The molecule has 2 aromatic rings. The molecule has 0 unspecified atom stereocenters. The second kappa shape index (κ2) is 5.64. The van der Waals surface area contributed by atoms with Gasteiger partial charge in [0.15, 0.2) is 0 Å². The van der Waals surface area contributed by atoms with Crippen molar-refractivity contribution in [1.82, 2.24) is 0 Å². The topological polar surface area (TPSA) is 29.3 Å². The Bertz CT molecular complexity index is 471. The van der Waals surface area contributed by atoms with E-state index in [4.69, 9.17) is 5.73 Å². The third-order valence-electron chi connectivity index (χ3n) is 2.41. The average Bonchev–Trinajstić information content (AvgIpc) is 2.37. The fourth-order valence-corrected chi connectivity index (χ4v) is 2.53. The first-order valence-electron chi connectivity index (χ1n) is 5.65. The molecule has 0 heterocycles. The van der Waals surface area contributed by atoms with E-state index in [9.17, 15) is 0 Å². The van der Waals surface area contributed by atoms with Crippen LogP contribution in [-0.4, -0.2) is 6.54 Å². The molecule has 0 aliphatic carbocycles. The van der Waals surface area contributed by atoms with Crippen molar-refractivity contribution in [2.24, 2.45) is 0 Å². The smallest absolute Gasteiger partial charge is 0.0473 e. The van der Waals surface area contributed by atoms with E-state index in [1.54, 1.807) is 11.9 Å². The number of para-hydroxylation sites is 1. The maximum Gasteiger partial charge on any atom is 0.0473 e. The van der Waals surface area contributed by atoms with Crippen LogP contribution in [0.15, 0.2) is 59.5 Å². The first-order valence-corrected chi connectivity index (χ1v) is 6.43. The number of anilines is 2. The molecule has 17 heavy (non-hydrogen) atoms. The molecular formula is C14H16N2S. The van der Waals surface area contributed by atoms with Gasteiger partial charge in [0.25, 0.3) is 0 Å². The predicted molar refractivity (Wildman–Crippen MR) is 76.2 cm³/mol. The Hall–Kier alpha value is -1.61. The number of nitrogen functional groups attached to an aromatic ring is 1. The fraction of sp³-hybridized carbons (Fsp3) is 0.143. The van der Waals surface area contributed by atoms with Crippen LogP contribution in [0.3, 0.4) is 0 Å². The summed E-state index contributed by atoms with van der Waals surface area (Å²) in [5.41, 5.74) is 7.80. The van der Waals surface area contributed by atoms with Crippen molar-refractivity contribution in [2.75, 3.05) is 16.6 Å². The first-order chi connectivity index (χ1) is 8.29. The van der Waals surface area contributed by atoms with Crippen molar-refractivity contribution in [3.63, 3.8) is 0 Å². The summed E-state index contributed by atoms with van der Waals surface area (Å²) in [4.78, 5) is 1.16. The summed E-state index contributed by atoms with van der Waals surface area (Å²) in [5.74, 6) is 0. The molecule has 0 saturated heterocycles. The Morgan fingerprint density at radius 1 is 1.06 bits per heavy atom. The summed E-state index contributed by atoms with van der Waals surface area (Å²) < 4.78 is 2.24. The summed E-state index contributed by atoms with van der Waals surface area (Å²) in [5, 5.41) is 0. The molecule has 0 bridgehead atoms. The largest absolute Gasteiger partial charge is 0.399 e. The van der Waals surface area contributed by atoms with Gasteiger partial charge >= 0.3 is 0 Å². The van der Waals surface area contributed by atoms with Crippen molar-refractivity contribution < 1.29 is 0 Å². The molecule has 0 saturated carbocycles. The van der Waals surface area contributed by atoms with Gasteiger partial charge in [-0.25, -0.2) is 0 Å². The fourth-order valence-electron chi connectivity index (χ4n) is 1.59. The van der Waals surface area contributed by atoms with Crippen LogP contribution in [0.1, 0.15) is 6.92 Å². The van der Waals surface area contributed by atoms with Crippen LogP contribution >= 0.6 is 11.9 Å². The highest BCUT2D eigenvalue weighted by Crippen LogP contribution is 2.29. The van der Waals surface area contributed by atoms with Crippen molar-refractivity contribution in [3.05, 3.63) is 54.6 Å². The highest BCUT2D eigenvalue weighted by molar-refractivity contribution is 8.00. The summed E-state index contributed by atoms with van der Waals surface area (Å²) in [6.45, 7) is 3.09. The van der Waals surface area contributed by atoms with Gasteiger partial charge in [0.05, 0.1) is 0 Å². The molecule has 3 heteroatoms. The van der Waals surface area contributed by atoms with Crippen LogP contribution in [0.2, 0.25) is 0 Å². The quantitative estimate of drug-likeness (QED) is 0.655. The van der Waals surface area contributed by atoms with Gasteiger partial charge in [-0.05, 0) is 49.2 Å². The van der Waals surface area contributed by atoms with Crippen molar-refractivity contribution in [3.8, 4) is 0 Å². The minimum absolute atomic E-state index is 0.805. The molecule has 2 nitrogen and oxygen atoms in total. The van der Waals surface area contributed by atoms with Crippen LogP contribution < -0.4 is 10.0 Å². The molecule has 2 aromatic carbocycles. The van der Waals surface area contributed by atoms with Gasteiger partial charge in [0.1, 0.15) is 0 Å². The molecule has 0 fully saturated rings. The Balaban J connectivity index is 2.16. The molecule has 0 aliphatic heterocycles. The first kappa shape index (κ1) is 11.9. The minimum atomic E-state index is 0.805. The normalized spacial score (nSPS) is 10.2. The maximum atomic E-state index is 5.78. The number of benzene rings is 2. The molecule has 2 rings (SSSR count). The predicted octanol–water partition coefficient (Wildman–Crippen LogP) is 3.80.